The molecule has 4 aliphatic rings. The lowest BCUT2D eigenvalue weighted by molar-refractivity contribution is -0.207. The number of rotatable bonds is 2. The summed E-state index contributed by atoms with van der Waals surface area (Å²) in [7, 11) is 0. The Kier molecular flexibility index (Phi) is 4.20. The lowest BCUT2D eigenvalue weighted by atomic mass is 9.45. The molecule has 3 saturated carbocycles. The number of ketones is 1. The van der Waals surface area contributed by atoms with E-state index in [2.05, 4.69) is 6.92 Å². The Morgan fingerprint density at radius 3 is 2.65 bits per heavy atom. The van der Waals surface area contributed by atoms with Crippen molar-refractivity contribution in [2.24, 2.45) is 28.6 Å². The topological polar surface area (TPSA) is 98.0 Å². The van der Waals surface area contributed by atoms with Crippen LogP contribution in [0.2, 0.25) is 0 Å². The van der Waals surface area contributed by atoms with Crippen molar-refractivity contribution in [2.75, 3.05) is 6.61 Å². The van der Waals surface area contributed by atoms with Crippen LogP contribution in [0.15, 0.2) is 11.6 Å². The third-order valence-electron chi connectivity index (χ3n) is 8.84. The molecule has 4 aliphatic carbocycles. The van der Waals surface area contributed by atoms with E-state index in [4.69, 9.17) is 0 Å². The van der Waals surface area contributed by atoms with Crippen LogP contribution in [-0.4, -0.2) is 50.6 Å². The highest BCUT2D eigenvalue weighted by Gasteiger charge is 2.67. The van der Waals surface area contributed by atoms with Gasteiger partial charge in [0, 0.05) is 11.8 Å². The summed E-state index contributed by atoms with van der Waals surface area (Å²) in [6.07, 6.45) is 4.92. The highest BCUT2D eigenvalue weighted by molar-refractivity contribution is 5.91. The van der Waals surface area contributed by atoms with E-state index in [1.54, 1.807) is 0 Å². The number of hydrogen-bond donors (Lipinski definition) is 4. The van der Waals surface area contributed by atoms with Crippen LogP contribution in [0.3, 0.4) is 0 Å². The lowest BCUT2D eigenvalue weighted by Crippen LogP contribution is -2.63. The van der Waals surface area contributed by atoms with Crippen LogP contribution in [0, 0.1) is 28.6 Å². The molecule has 0 radical (unpaired) electrons. The summed E-state index contributed by atoms with van der Waals surface area (Å²) in [5.74, 6) is 0.798. The van der Waals surface area contributed by atoms with Crippen LogP contribution in [0.1, 0.15) is 58.8 Å². The van der Waals surface area contributed by atoms with E-state index >= 15 is 0 Å². The van der Waals surface area contributed by atoms with E-state index in [1.165, 1.54) is 5.57 Å². The van der Waals surface area contributed by atoms with Gasteiger partial charge in [-0.05, 0) is 67.8 Å². The molecule has 4 N–H and O–H groups in total. The SMILES string of the molecule is C[C@]12CCC(=O)C=C1CC[C@@H]1[C@@H]2[C@@H](O)C[C@@]2(C)[C@H]1CCC2(O)[C@H](O)CO. The first-order valence-electron chi connectivity index (χ1n) is 10.1. The Morgan fingerprint density at radius 1 is 1.23 bits per heavy atom. The summed E-state index contributed by atoms with van der Waals surface area (Å²) in [5, 5.41) is 42.3. The van der Waals surface area contributed by atoms with Crippen molar-refractivity contribution in [3.63, 3.8) is 0 Å². The first-order chi connectivity index (χ1) is 12.2. The first kappa shape index (κ1) is 18.6. The molecule has 0 aromatic heterocycles. The number of carbonyl (C=O) groups is 1. The summed E-state index contributed by atoms with van der Waals surface area (Å²) in [6.45, 7) is 3.73. The van der Waals surface area contributed by atoms with Crippen LogP contribution >= 0.6 is 0 Å². The minimum Gasteiger partial charge on any atom is -0.394 e. The van der Waals surface area contributed by atoms with Crippen LogP contribution < -0.4 is 0 Å². The number of aliphatic hydroxyl groups excluding tert-OH is 3. The Bertz CT molecular complexity index is 644. The molecule has 5 nitrogen and oxygen atoms in total. The maximum atomic E-state index is 11.9. The monoisotopic (exact) mass is 364 g/mol. The predicted octanol–water partition coefficient (Wildman–Crippen LogP) is 1.57. The molecular formula is C21H32O5. The molecule has 146 valence electrons. The highest BCUT2D eigenvalue weighted by Crippen LogP contribution is 2.67. The number of fused-ring (bicyclic) bond motifs is 5. The molecule has 0 heterocycles. The van der Waals surface area contributed by atoms with Crippen LogP contribution in [-0.2, 0) is 4.79 Å². The Balaban J connectivity index is 1.72. The molecule has 8 atom stereocenters. The van der Waals surface area contributed by atoms with Gasteiger partial charge in [-0.2, -0.15) is 0 Å². The van der Waals surface area contributed by atoms with Gasteiger partial charge < -0.3 is 20.4 Å². The molecule has 0 aliphatic heterocycles. The summed E-state index contributed by atoms with van der Waals surface area (Å²) in [4.78, 5) is 11.9. The van der Waals surface area contributed by atoms with Crippen molar-refractivity contribution in [1.29, 1.82) is 0 Å². The maximum absolute atomic E-state index is 11.9. The van der Waals surface area contributed by atoms with Crippen molar-refractivity contribution in [3.8, 4) is 0 Å². The minimum atomic E-state index is -1.35. The standard InChI is InChI=1S/C21H32O5/c1-19-7-5-13(23)9-12(19)3-4-14-15-6-8-21(26,17(25)11-22)20(15,2)10-16(24)18(14)19/h9,14-18,22,24-26H,3-8,10-11H2,1-2H3/t14-,15-,16-,17+,18+,19-,20-,21?/m0/s1. The van der Waals surface area contributed by atoms with Crippen molar-refractivity contribution in [3.05, 3.63) is 11.6 Å². The average molecular weight is 364 g/mol. The van der Waals surface area contributed by atoms with Crippen LogP contribution in [0.5, 0.6) is 0 Å². The minimum absolute atomic E-state index is 0.0993. The molecule has 1 unspecified atom stereocenters. The van der Waals surface area contributed by atoms with Gasteiger partial charge in [0.2, 0.25) is 0 Å². The number of allylic oxidation sites excluding steroid dienone is 1. The van der Waals surface area contributed by atoms with E-state index < -0.39 is 29.8 Å². The molecule has 0 bridgehead atoms. The summed E-state index contributed by atoms with van der Waals surface area (Å²) >= 11 is 0. The largest absolute Gasteiger partial charge is 0.394 e. The van der Waals surface area contributed by atoms with Crippen molar-refractivity contribution < 1.29 is 25.2 Å². The summed E-state index contributed by atoms with van der Waals surface area (Å²) in [5.41, 5.74) is -0.898. The molecule has 0 aromatic rings. The van der Waals surface area contributed by atoms with Gasteiger partial charge in [0.1, 0.15) is 6.10 Å². The average Bonchev–Trinajstić information content (AvgIpc) is 2.86. The van der Waals surface area contributed by atoms with Crippen molar-refractivity contribution >= 4 is 5.78 Å². The highest BCUT2D eigenvalue weighted by atomic mass is 16.4. The molecule has 26 heavy (non-hydrogen) atoms. The fourth-order valence-corrected chi connectivity index (χ4v) is 7.42. The Morgan fingerprint density at radius 2 is 1.96 bits per heavy atom. The third-order valence-corrected chi connectivity index (χ3v) is 8.84. The molecule has 4 rings (SSSR count). The second-order valence-corrected chi connectivity index (χ2v) is 9.74. The van der Waals surface area contributed by atoms with Crippen LogP contribution in [0.25, 0.3) is 0 Å². The normalized spacial score (nSPS) is 51.9. The zero-order valence-electron chi connectivity index (χ0n) is 15.8. The van der Waals surface area contributed by atoms with E-state index in [-0.39, 0.29) is 29.0 Å². The van der Waals surface area contributed by atoms with Gasteiger partial charge in [0.05, 0.1) is 18.3 Å². The molecule has 0 spiro atoms. The number of aliphatic hydroxyl groups is 4. The molecule has 0 amide bonds. The first-order valence-corrected chi connectivity index (χ1v) is 10.1. The lowest BCUT2D eigenvalue weighted by Gasteiger charge is -2.61. The fraction of sp³-hybridized carbons (Fsp3) is 0.857. The van der Waals surface area contributed by atoms with E-state index in [1.807, 2.05) is 13.0 Å². The van der Waals surface area contributed by atoms with Gasteiger partial charge in [-0.25, -0.2) is 0 Å². The quantitative estimate of drug-likeness (QED) is 0.596. The second kappa shape index (κ2) is 5.87. The summed E-state index contributed by atoms with van der Waals surface area (Å²) < 4.78 is 0. The molecule has 5 heteroatoms. The molecular weight excluding hydrogens is 332 g/mol. The van der Waals surface area contributed by atoms with Gasteiger partial charge in [-0.15, -0.1) is 0 Å². The second-order valence-electron chi connectivity index (χ2n) is 9.74. The smallest absolute Gasteiger partial charge is 0.155 e. The van der Waals surface area contributed by atoms with Gasteiger partial charge in [-0.3, -0.25) is 4.79 Å². The van der Waals surface area contributed by atoms with E-state index in [9.17, 15) is 25.2 Å². The fourth-order valence-electron chi connectivity index (χ4n) is 7.42. The maximum Gasteiger partial charge on any atom is 0.155 e. The van der Waals surface area contributed by atoms with Crippen LogP contribution in [0.4, 0.5) is 0 Å². The zero-order valence-corrected chi connectivity index (χ0v) is 15.8. The van der Waals surface area contributed by atoms with Crippen molar-refractivity contribution in [1.82, 2.24) is 0 Å². The van der Waals surface area contributed by atoms with Crippen molar-refractivity contribution in [2.45, 2.75) is 76.6 Å². The Labute approximate surface area is 155 Å². The predicted molar refractivity (Wildman–Crippen MR) is 96.1 cm³/mol. The van der Waals surface area contributed by atoms with Gasteiger partial charge in [0.25, 0.3) is 0 Å². The van der Waals surface area contributed by atoms with E-state index in [0.717, 1.165) is 25.7 Å². The molecule has 3 fully saturated rings. The van der Waals surface area contributed by atoms with E-state index in [0.29, 0.717) is 19.3 Å². The third kappa shape index (κ3) is 2.20. The van der Waals surface area contributed by atoms with Gasteiger partial charge in [0.15, 0.2) is 5.78 Å². The van der Waals surface area contributed by atoms with Gasteiger partial charge in [-0.1, -0.05) is 19.4 Å². The molecule has 0 saturated heterocycles. The number of carbonyl (C=O) groups excluding carboxylic acids is 1. The number of hydrogen-bond acceptors (Lipinski definition) is 5. The van der Waals surface area contributed by atoms with Gasteiger partial charge >= 0.3 is 0 Å². The molecule has 0 aromatic carbocycles. The zero-order chi connectivity index (χ0) is 18.9. The Hall–Kier alpha value is -0.750. The summed E-state index contributed by atoms with van der Waals surface area (Å²) in [6, 6.07) is 0.